The first kappa shape index (κ1) is 34.4. The average Bonchev–Trinajstić information content (AvgIpc) is 2.93. The van der Waals surface area contributed by atoms with Crippen LogP contribution < -0.4 is 9.47 Å². The molecule has 3 nitrogen and oxygen atoms in total. The lowest BCUT2D eigenvalue weighted by molar-refractivity contribution is 0.360. The first-order chi connectivity index (χ1) is 18.7. The van der Waals surface area contributed by atoms with Crippen molar-refractivity contribution in [2.24, 2.45) is 0 Å². The Labute approximate surface area is 236 Å². The smallest absolute Gasteiger partial charge is 0.164 e. The molecule has 0 saturated carbocycles. The van der Waals surface area contributed by atoms with Gasteiger partial charge in [0.15, 0.2) is 11.5 Å². The molecule has 0 spiro atoms. The number of benzene rings is 1. The molecule has 0 aliphatic carbocycles. The first-order valence-electron chi connectivity index (χ1n) is 16.3. The Hall–Kier alpha value is -1.64. The van der Waals surface area contributed by atoms with E-state index in [2.05, 4.69) is 19.1 Å². The second-order valence-electron chi connectivity index (χ2n) is 11.2. The standard InChI is InChI=1S/C35H62O3/c1-4-5-6-7-8-9-10-11-12-13-14-15-16-17-18-19-20-21-22-23-24-25-26-27-28-29-32-30-33(37-2)31-34(38-3)35(32)36/h11-12,30-31,36H,4-10,13-29H2,1-3H3/b12-11-. The highest BCUT2D eigenvalue weighted by Crippen LogP contribution is 2.35. The number of phenolic OH excluding ortho intramolecular Hbond substituents is 1. The molecule has 0 atom stereocenters. The van der Waals surface area contributed by atoms with Crippen LogP contribution in [0.5, 0.6) is 17.2 Å². The molecule has 0 heterocycles. The fraction of sp³-hybridized carbons (Fsp3) is 0.771. The van der Waals surface area contributed by atoms with Crippen LogP contribution in [0, 0.1) is 0 Å². The summed E-state index contributed by atoms with van der Waals surface area (Å²) in [4.78, 5) is 0. The van der Waals surface area contributed by atoms with Crippen LogP contribution in [0.3, 0.4) is 0 Å². The summed E-state index contributed by atoms with van der Waals surface area (Å²) in [7, 11) is 3.23. The molecule has 3 heteroatoms. The van der Waals surface area contributed by atoms with E-state index in [4.69, 9.17) is 9.47 Å². The van der Waals surface area contributed by atoms with Gasteiger partial charge in [0.2, 0.25) is 0 Å². The third kappa shape index (κ3) is 18.6. The highest BCUT2D eigenvalue weighted by atomic mass is 16.5. The van der Waals surface area contributed by atoms with Crippen molar-refractivity contribution in [2.75, 3.05) is 14.2 Å². The molecule has 38 heavy (non-hydrogen) atoms. The largest absolute Gasteiger partial charge is 0.504 e. The third-order valence-electron chi connectivity index (χ3n) is 7.79. The number of unbranched alkanes of at least 4 members (excludes halogenated alkanes) is 21. The Morgan fingerprint density at radius 2 is 0.974 bits per heavy atom. The molecular formula is C35H62O3. The van der Waals surface area contributed by atoms with Crippen LogP contribution in [0.1, 0.15) is 160 Å². The molecule has 0 unspecified atom stereocenters. The SMILES string of the molecule is CCCCCCCC/C=C\CCCCCCCCCCCCCCCCCc1cc(OC)cc(OC)c1O. The summed E-state index contributed by atoms with van der Waals surface area (Å²) in [5.41, 5.74) is 0.924. The quantitative estimate of drug-likeness (QED) is 0.0907. The molecule has 1 rings (SSSR count). The van der Waals surface area contributed by atoms with Crippen LogP contribution in [0.2, 0.25) is 0 Å². The van der Waals surface area contributed by atoms with Crippen molar-refractivity contribution in [3.05, 3.63) is 29.8 Å². The van der Waals surface area contributed by atoms with Crippen molar-refractivity contribution in [3.63, 3.8) is 0 Å². The highest BCUT2D eigenvalue weighted by molar-refractivity contribution is 5.50. The van der Waals surface area contributed by atoms with E-state index in [0.717, 1.165) is 24.2 Å². The monoisotopic (exact) mass is 530 g/mol. The van der Waals surface area contributed by atoms with Gasteiger partial charge in [-0.15, -0.1) is 0 Å². The fourth-order valence-electron chi connectivity index (χ4n) is 5.26. The van der Waals surface area contributed by atoms with Crippen molar-refractivity contribution in [3.8, 4) is 17.2 Å². The lowest BCUT2D eigenvalue weighted by atomic mass is 10.0. The van der Waals surface area contributed by atoms with E-state index < -0.39 is 0 Å². The Balaban J connectivity index is 1.81. The first-order valence-corrected chi connectivity index (χ1v) is 16.3. The Morgan fingerprint density at radius 1 is 0.553 bits per heavy atom. The van der Waals surface area contributed by atoms with Gasteiger partial charge in [0.05, 0.1) is 14.2 Å². The van der Waals surface area contributed by atoms with Gasteiger partial charge in [0.25, 0.3) is 0 Å². The minimum absolute atomic E-state index is 0.259. The molecule has 0 aliphatic rings. The minimum atomic E-state index is 0.259. The molecule has 0 radical (unpaired) electrons. The lowest BCUT2D eigenvalue weighted by Gasteiger charge is -2.11. The van der Waals surface area contributed by atoms with Gasteiger partial charge in [0.1, 0.15) is 5.75 Å². The molecule has 0 fully saturated rings. The Kier molecular flexibility index (Phi) is 23.2. The van der Waals surface area contributed by atoms with Gasteiger partial charge in [-0.1, -0.05) is 135 Å². The van der Waals surface area contributed by atoms with Crippen molar-refractivity contribution in [2.45, 2.75) is 161 Å². The number of allylic oxidation sites excluding steroid dienone is 2. The van der Waals surface area contributed by atoms with Gasteiger partial charge in [-0.05, 0) is 44.6 Å². The van der Waals surface area contributed by atoms with Crippen molar-refractivity contribution in [1.29, 1.82) is 0 Å². The zero-order valence-electron chi connectivity index (χ0n) is 25.5. The van der Waals surface area contributed by atoms with Crippen LogP contribution in [0.25, 0.3) is 0 Å². The Bertz CT molecular complexity index is 682. The predicted octanol–water partition coefficient (Wildman–Crippen LogP) is 11.5. The van der Waals surface area contributed by atoms with Crippen LogP contribution in [-0.2, 0) is 6.42 Å². The van der Waals surface area contributed by atoms with E-state index in [1.165, 1.54) is 141 Å². The number of hydrogen-bond donors (Lipinski definition) is 1. The van der Waals surface area contributed by atoms with E-state index in [9.17, 15) is 5.11 Å². The summed E-state index contributed by atoms with van der Waals surface area (Å²) >= 11 is 0. The molecular weight excluding hydrogens is 468 g/mol. The molecule has 0 amide bonds. The molecule has 1 aromatic rings. The number of hydrogen-bond acceptors (Lipinski definition) is 3. The van der Waals surface area contributed by atoms with E-state index in [1.807, 2.05) is 6.07 Å². The normalized spacial score (nSPS) is 11.4. The number of aromatic hydroxyl groups is 1. The van der Waals surface area contributed by atoms with Gasteiger partial charge < -0.3 is 14.6 Å². The topological polar surface area (TPSA) is 38.7 Å². The van der Waals surface area contributed by atoms with Crippen molar-refractivity contribution < 1.29 is 14.6 Å². The van der Waals surface area contributed by atoms with Gasteiger partial charge in [-0.2, -0.15) is 0 Å². The number of ether oxygens (including phenoxy) is 2. The fourth-order valence-corrected chi connectivity index (χ4v) is 5.26. The summed E-state index contributed by atoms with van der Waals surface area (Å²) in [6.45, 7) is 2.29. The van der Waals surface area contributed by atoms with Crippen molar-refractivity contribution >= 4 is 0 Å². The summed E-state index contributed by atoms with van der Waals surface area (Å²) in [5.74, 6) is 1.50. The van der Waals surface area contributed by atoms with Crippen LogP contribution in [0.4, 0.5) is 0 Å². The third-order valence-corrected chi connectivity index (χ3v) is 7.79. The van der Waals surface area contributed by atoms with Crippen LogP contribution >= 0.6 is 0 Å². The zero-order chi connectivity index (χ0) is 27.5. The lowest BCUT2D eigenvalue weighted by Crippen LogP contribution is -1.94. The molecule has 1 aromatic carbocycles. The molecule has 1 N–H and O–H groups in total. The van der Waals surface area contributed by atoms with Crippen LogP contribution in [-0.4, -0.2) is 19.3 Å². The maximum Gasteiger partial charge on any atom is 0.164 e. The van der Waals surface area contributed by atoms with Gasteiger partial charge >= 0.3 is 0 Å². The Morgan fingerprint density at radius 3 is 1.39 bits per heavy atom. The van der Waals surface area contributed by atoms with Gasteiger partial charge in [0, 0.05) is 11.6 Å². The van der Waals surface area contributed by atoms with E-state index >= 15 is 0 Å². The maximum absolute atomic E-state index is 10.3. The summed E-state index contributed by atoms with van der Waals surface area (Å²) < 4.78 is 10.6. The van der Waals surface area contributed by atoms with Crippen LogP contribution in [0.15, 0.2) is 24.3 Å². The van der Waals surface area contributed by atoms with Crippen molar-refractivity contribution in [1.82, 2.24) is 0 Å². The summed E-state index contributed by atoms with van der Waals surface area (Å²) in [6.07, 6.45) is 37.2. The molecule has 0 saturated heterocycles. The number of rotatable bonds is 27. The second kappa shape index (κ2) is 25.6. The molecule has 0 bridgehead atoms. The number of phenols is 1. The molecule has 220 valence electrons. The summed E-state index contributed by atoms with van der Waals surface area (Å²) in [5, 5.41) is 10.3. The second-order valence-corrected chi connectivity index (χ2v) is 11.2. The number of aryl methyl sites for hydroxylation is 1. The van der Waals surface area contributed by atoms with E-state index in [0.29, 0.717) is 5.75 Å². The maximum atomic E-state index is 10.3. The zero-order valence-corrected chi connectivity index (χ0v) is 25.5. The number of methoxy groups -OCH3 is 2. The van der Waals surface area contributed by atoms with E-state index in [1.54, 1.807) is 20.3 Å². The molecule has 0 aromatic heterocycles. The predicted molar refractivity (Wildman–Crippen MR) is 166 cm³/mol. The average molecular weight is 531 g/mol. The minimum Gasteiger partial charge on any atom is -0.504 e. The van der Waals surface area contributed by atoms with E-state index in [-0.39, 0.29) is 5.75 Å². The van der Waals surface area contributed by atoms with Gasteiger partial charge in [-0.3, -0.25) is 0 Å². The highest BCUT2D eigenvalue weighted by Gasteiger charge is 2.10. The summed E-state index contributed by atoms with van der Waals surface area (Å²) in [6, 6.07) is 3.66. The van der Waals surface area contributed by atoms with Gasteiger partial charge in [-0.25, -0.2) is 0 Å². The molecule has 0 aliphatic heterocycles.